The highest BCUT2D eigenvalue weighted by molar-refractivity contribution is 7.89. The van der Waals surface area contributed by atoms with E-state index in [1.807, 2.05) is 68.7 Å². The SMILES string of the molecule is CN(C)Cc1ccc2c(c1)CCC2NC(=O)CC(NS(=O)(=O)c1ccc2ccccc2c1)c1ccccc1. The summed E-state index contributed by atoms with van der Waals surface area (Å²) < 4.78 is 29.6. The van der Waals surface area contributed by atoms with Crippen LogP contribution in [-0.2, 0) is 27.8 Å². The van der Waals surface area contributed by atoms with Gasteiger partial charge in [0.05, 0.1) is 17.0 Å². The fraction of sp³-hybridized carbons (Fsp3) is 0.258. The number of sulfonamides is 1. The van der Waals surface area contributed by atoms with E-state index < -0.39 is 16.1 Å². The van der Waals surface area contributed by atoms with Gasteiger partial charge in [0, 0.05) is 13.0 Å². The molecule has 1 aliphatic rings. The van der Waals surface area contributed by atoms with Crippen LogP contribution in [0.3, 0.4) is 0 Å². The number of fused-ring (bicyclic) bond motifs is 2. The molecule has 0 fully saturated rings. The molecule has 0 heterocycles. The summed E-state index contributed by atoms with van der Waals surface area (Å²) in [6.45, 7) is 0.875. The maximum Gasteiger partial charge on any atom is 0.241 e. The molecule has 2 N–H and O–H groups in total. The lowest BCUT2D eigenvalue weighted by Crippen LogP contribution is -2.35. The molecule has 4 aromatic carbocycles. The standard InChI is InChI=1S/C31H33N3O3S/c1-34(2)21-22-12-16-28-26(18-22)14-17-29(28)32-31(35)20-30(24-9-4-3-5-10-24)33-38(36,37)27-15-13-23-8-6-7-11-25(23)19-27/h3-13,15-16,18-19,29-30,33H,14,17,20-21H2,1-2H3,(H,32,35). The van der Waals surface area contributed by atoms with Crippen molar-refractivity contribution in [1.29, 1.82) is 0 Å². The molecular formula is C31H33N3O3S. The fourth-order valence-corrected chi connectivity index (χ4v) is 6.49. The molecule has 0 saturated heterocycles. The first kappa shape index (κ1) is 26.1. The van der Waals surface area contributed by atoms with Gasteiger partial charge in [-0.15, -0.1) is 0 Å². The third-order valence-corrected chi connectivity index (χ3v) is 8.51. The molecule has 0 aromatic heterocycles. The van der Waals surface area contributed by atoms with Gasteiger partial charge in [0.15, 0.2) is 0 Å². The molecule has 0 aliphatic heterocycles. The number of hydrogen-bond acceptors (Lipinski definition) is 4. The quantitative estimate of drug-likeness (QED) is 0.317. The van der Waals surface area contributed by atoms with E-state index in [2.05, 4.69) is 33.1 Å². The normalized spacial score (nSPS) is 15.9. The van der Waals surface area contributed by atoms with E-state index in [0.29, 0.717) is 0 Å². The summed E-state index contributed by atoms with van der Waals surface area (Å²) in [4.78, 5) is 15.6. The molecule has 5 rings (SSSR count). The predicted octanol–water partition coefficient (Wildman–Crippen LogP) is 5.11. The van der Waals surface area contributed by atoms with Crippen LogP contribution in [0.4, 0.5) is 0 Å². The molecule has 0 spiro atoms. The Balaban J connectivity index is 1.33. The number of rotatable bonds is 9. The smallest absolute Gasteiger partial charge is 0.241 e. The summed E-state index contributed by atoms with van der Waals surface area (Å²) in [5, 5.41) is 4.98. The van der Waals surface area contributed by atoms with E-state index in [4.69, 9.17) is 0 Å². The molecule has 6 nitrogen and oxygen atoms in total. The van der Waals surface area contributed by atoms with Crippen molar-refractivity contribution in [2.75, 3.05) is 14.1 Å². The first-order valence-corrected chi connectivity index (χ1v) is 14.4. The monoisotopic (exact) mass is 527 g/mol. The number of benzene rings is 4. The molecular weight excluding hydrogens is 494 g/mol. The number of carbonyl (C=O) groups excluding carboxylic acids is 1. The fourth-order valence-electron chi connectivity index (χ4n) is 5.23. The average Bonchev–Trinajstić information content (AvgIpc) is 3.29. The van der Waals surface area contributed by atoms with Gasteiger partial charge in [0.2, 0.25) is 15.9 Å². The third kappa shape index (κ3) is 5.96. The minimum Gasteiger partial charge on any atom is -0.349 e. The molecule has 7 heteroatoms. The highest BCUT2D eigenvalue weighted by Crippen LogP contribution is 2.32. The number of nitrogens with one attached hydrogen (secondary N) is 2. The lowest BCUT2D eigenvalue weighted by atomic mass is 10.0. The molecule has 1 amide bonds. The molecule has 4 aromatic rings. The zero-order chi connectivity index (χ0) is 26.7. The Morgan fingerprint density at radius 1 is 0.921 bits per heavy atom. The lowest BCUT2D eigenvalue weighted by Gasteiger charge is -2.21. The Kier molecular flexibility index (Phi) is 7.61. The number of amides is 1. The number of carbonyl (C=O) groups is 1. The highest BCUT2D eigenvalue weighted by atomic mass is 32.2. The summed E-state index contributed by atoms with van der Waals surface area (Å²) >= 11 is 0. The van der Waals surface area contributed by atoms with Crippen LogP contribution in [0.15, 0.2) is 95.9 Å². The molecule has 0 saturated carbocycles. The van der Waals surface area contributed by atoms with Crippen LogP contribution in [0, 0.1) is 0 Å². The lowest BCUT2D eigenvalue weighted by molar-refractivity contribution is -0.122. The third-order valence-electron chi connectivity index (χ3n) is 7.04. The Morgan fingerprint density at radius 2 is 1.66 bits per heavy atom. The first-order valence-electron chi connectivity index (χ1n) is 12.9. The summed E-state index contributed by atoms with van der Waals surface area (Å²) in [6, 6.07) is 27.7. The minimum atomic E-state index is -3.87. The van der Waals surface area contributed by atoms with Gasteiger partial charge >= 0.3 is 0 Å². The van der Waals surface area contributed by atoms with Crippen LogP contribution in [0.1, 0.15) is 47.2 Å². The van der Waals surface area contributed by atoms with Crippen LogP contribution in [0.2, 0.25) is 0 Å². The molecule has 1 aliphatic carbocycles. The van der Waals surface area contributed by atoms with Crippen LogP contribution >= 0.6 is 0 Å². The number of nitrogens with zero attached hydrogens (tertiary/aromatic N) is 1. The van der Waals surface area contributed by atoms with Crippen LogP contribution in [-0.4, -0.2) is 33.3 Å². The Labute approximate surface area is 224 Å². The van der Waals surface area contributed by atoms with Crippen molar-refractivity contribution >= 4 is 26.7 Å². The second kappa shape index (κ2) is 11.1. The summed E-state index contributed by atoms with van der Waals surface area (Å²) in [5.41, 5.74) is 4.42. The Hall–Kier alpha value is -3.52. The first-order chi connectivity index (χ1) is 18.3. The molecule has 0 bridgehead atoms. The van der Waals surface area contributed by atoms with Gasteiger partial charge < -0.3 is 10.2 Å². The van der Waals surface area contributed by atoms with Crippen molar-refractivity contribution in [3.05, 3.63) is 113 Å². The van der Waals surface area contributed by atoms with E-state index in [0.717, 1.165) is 41.3 Å². The number of hydrogen-bond donors (Lipinski definition) is 2. The van der Waals surface area contributed by atoms with E-state index >= 15 is 0 Å². The maximum atomic E-state index is 13.4. The minimum absolute atomic E-state index is 0.00136. The van der Waals surface area contributed by atoms with Crippen LogP contribution < -0.4 is 10.0 Å². The van der Waals surface area contributed by atoms with E-state index in [-0.39, 0.29) is 23.3 Å². The van der Waals surface area contributed by atoms with E-state index in [1.54, 1.807) is 18.2 Å². The van der Waals surface area contributed by atoms with Gasteiger partial charge in [-0.05, 0) is 72.1 Å². The van der Waals surface area contributed by atoms with Crippen molar-refractivity contribution < 1.29 is 13.2 Å². The van der Waals surface area contributed by atoms with Gasteiger partial charge in [-0.2, -0.15) is 0 Å². The van der Waals surface area contributed by atoms with Gasteiger partial charge in [0.25, 0.3) is 0 Å². The average molecular weight is 528 g/mol. The maximum absolute atomic E-state index is 13.4. The zero-order valence-corrected chi connectivity index (χ0v) is 22.5. The molecule has 2 unspecified atom stereocenters. The van der Waals surface area contributed by atoms with Crippen LogP contribution in [0.5, 0.6) is 0 Å². The summed E-state index contributed by atoms with van der Waals surface area (Å²) in [5.74, 6) is -0.185. The van der Waals surface area contributed by atoms with Crippen molar-refractivity contribution in [1.82, 2.24) is 14.9 Å². The Morgan fingerprint density at radius 3 is 2.42 bits per heavy atom. The molecule has 2 atom stereocenters. The molecule has 38 heavy (non-hydrogen) atoms. The van der Waals surface area contributed by atoms with Gasteiger partial charge in [-0.1, -0.05) is 78.9 Å². The Bertz CT molecular complexity index is 1550. The molecule has 196 valence electrons. The summed E-state index contributed by atoms with van der Waals surface area (Å²) in [7, 11) is 0.229. The van der Waals surface area contributed by atoms with Gasteiger partial charge in [-0.3, -0.25) is 4.79 Å². The highest BCUT2D eigenvalue weighted by Gasteiger charge is 2.28. The van der Waals surface area contributed by atoms with E-state index in [9.17, 15) is 13.2 Å². The van der Waals surface area contributed by atoms with Crippen molar-refractivity contribution in [3.8, 4) is 0 Å². The zero-order valence-electron chi connectivity index (χ0n) is 21.7. The summed E-state index contributed by atoms with van der Waals surface area (Å²) in [6.07, 6.45) is 1.75. The number of aryl methyl sites for hydroxylation is 1. The molecule has 0 radical (unpaired) electrons. The second-order valence-electron chi connectivity index (χ2n) is 10.2. The predicted molar refractivity (Wildman–Crippen MR) is 151 cm³/mol. The van der Waals surface area contributed by atoms with Crippen molar-refractivity contribution in [2.45, 2.75) is 42.8 Å². The second-order valence-corrected chi connectivity index (χ2v) is 11.9. The topological polar surface area (TPSA) is 78.5 Å². The largest absolute Gasteiger partial charge is 0.349 e. The van der Waals surface area contributed by atoms with Crippen LogP contribution in [0.25, 0.3) is 10.8 Å². The van der Waals surface area contributed by atoms with Crippen molar-refractivity contribution in [2.24, 2.45) is 0 Å². The van der Waals surface area contributed by atoms with Crippen molar-refractivity contribution in [3.63, 3.8) is 0 Å². The van der Waals surface area contributed by atoms with Gasteiger partial charge in [-0.25, -0.2) is 13.1 Å². The van der Waals surface area contributed by atoms with E-state index in [1.165, 1.54) is 11.1 Å². The van der Waals surface area contributed by atoms with Gasteiger partial charge in [0.1, 0.15) is 0 Å².